The van der Waals surface area contributed by atoms with E-state index >= 15 is 0 Å². The molecule has 1 aromatic rings. The Balaban J connectivity index is 2.30. The predicted molar refractivity (Wildman–Crippen MR) is 67.2 cm³/mol. The number of carbonyl (C=O) groups excluding carboxylic acids is 1. The second-order valence-corrected chi connectivity index (χ2v) is 4.47. The molecule has 0 atom stereocenters. The predicted octanol–water partition coefficient (Wildman–Crippen LogP) is 2.90. The van der Waals surface area contributed by atoms with Crippen LogP contribution in [0.15, 0.2) is 18.2 Å². The van der Waals surface area contributed by atoms with Crippen molar-refractivity contribution in [2.24, 2.45) is 0 Å². The van der Waals surface area contributed by atoms with Gasteiger partial charge in [-0.05, 0) is 31.0 Å². The lowest BCUT2D eigenvalue weighted by Crippen LogP contribution is -2.20. The Bertz CT molecular complexity index is 400. The normalized spacial score (nSPS) is 15.2. The molecular weight excluding hydrogens is 224 g/mol. The molecule has 1 aliphatic rings. The maximum atomic E-state index is 11.1. The van der Waals surface area contributed by atoms with Crippen LogP contribution in [0.2, 0.25) is 5.02 Å². The summed E-state index contributed by atoms with van der Waals surface area (Å²) in [7, 11) is 0. The third kappa shape index (κ3) is 2.47. The zero-order chi connectivity index (χ0) is 11.5. The quantitative estimate of drug-likeness (QED) is 0.859. The first-order chi connectivity index (χ1) is 7.66. The Hall–Kier alpha value is -1.22. The molecule has 1 aliphatic heterocycles. The molecular formula is C12H15ClN2O. The minimum atomic E-state index is -0.0669. The molecule has 3 nitrogen and oxygen atoms in total. The van der Waals surface area contributed by atoms with Crippen LogP contribution in [0.1, 0.15) is 19.8 Å². The van der Waals surface area contributed by atoms with E-state index in [2.05, 4.69) is 10.2 Å². The molecule has 1 fully saturated rings. The van der Waals surface area contributed by atoms with E-state index in [-0.39, 0.29) is 5.91 Å². The molecule has 0 unspecified atom stereocenters. The van der Waals surface area contributed by atoms with Crippen LogP contribution in [0.5, 0.6) is 0 Å². The summed E-state index contributed by atoms with van der Waals surface area (Å²) < 4.78 is 0. The van der Waals surface area contributed by atoms with Gasteiger partial charge in [-0.3, -0.25) is 4.79 Å². The largest absolute Gasteiger partial charge is 0.370 e. The van der Waals surface area contributed by atoms with Crippen LogP contribution in [0.3, 0.4) is 0 Å². The minimum absolute atomic E-state index is 0.0669. The number of hydrogen-bond acceptors (Lipinski definition) is 2. The van der Waals surface area contributed by atoms with Gasteiger partial charge < -0.3 is 10.2 Å². The van der Waals surface area contributed by atoms with E-state index in [1.807, 2.05) is 12.1 Å². The van der Waals surface area contributed by atoms with Gasteiger partial charge in [-0.15, -0.1) is 0 Å². The number of nitrogens with zero attached hydrogens (tertiary/aromatic N) is 1. The highest BCUT2D eigenvalue weighted by atomic mass is 35.5. The molecule has 2 rings (SSSR count). The zero-order valence-electron chi connectivity index (χ0n) is 9.29. The van der Waals surface area contributed by atoms with Gasteiger partial charge >= 0.3 is 0 Å². The first-order valence-electron chi connectivity index (χ1n) is 5.49. The second-order valence-electron chi connectivity index (χ2n) is 4.04. The van der Waals surface area contributed by atoms with Crippen LogP contribution in [0.4, 0.5) is 11.4 Å². The zero-order valence-corrected chi connectivity index (χ0v) is 10.0. The molecule has 1 heterocycles. The lowest BCUT2D eigenvalue weighted by atomic mass is 10.2. The average molecular weight is 239 g/mol. The molecule has 86 valence electrons. The highest BCUT2D eigenvalue weighted by molar-refractivity contribution is 6.31. The molecule has 0 bridgehead atoms. The number of nitrogens with one attached hydrogen (secondary N) is 1. The molecule has 4 heteroatoms. The van der Waals surface area contributed by atoms with Gasteiger partial charge in [0.1, 0.15) is 0 Å². The number of rotatable bonds is 2. The van der Waals surface area contributed by atoms with Crippen LogP contribution in [-0.4, -0.2) is 19.0 Å². The molecule has 16 heavy (non-hydrogen) atoms. The van der Waals surface area contributed by atoms with Gasteiger partial charge in [0.05, 0.1) is 11.4 Å². The third-order valence-corrected chi connectivity index (χ3v) is 2.95. The van der Waals surface area contributed by atoms with E-state index in [0.717, 1.165) is 24.5 Å². The molecule has 1 N–H and O–H groups in total. The van der Waals surface area contributed by atoms with Crippen molar-refractivity contribution in [1.29, 1.82) is 0 Å². The van der Waals surface area contributed by atoms with Crippen molar-refractivity contribution in [2.75, 3.05) is 23.3 Å². The monoisotopic (exact) mass is 238 g/mol. The van der Waals surface area contributed by atoms with Gasteiger partial charge in [-0.1, -0.05) is 11.6 Å². The summed E-state index contributed by atoms with van der Waals surface area (Å²) in [4.78, 5) is 13.4. The van der Waals surface area contributed by atoms with Crippen LogP contribution in [-0.2, 0) is 4.79 Å². The van der Waals surface area contributed by atoms with E-state index in [1.165, 1.54) is 19.8 Å². The van der Waals surface area contributed by atoms with Gasteiger partial charge in [0, 0.05) is 25.0 Å². The van der Waals surface area contributed by atoms with Crippen molar-refractivity contribution in [3.8, 4) is 0 Å². The molecule has 1 saturated heterocycles. The van der Waals surface area contributed by atoms with Crippen LogP contribution in [0, 0.1) is 0 Å². The fourth-order valence-electron chi connectivity index (χ4n) is 2.03. The molecule has 0 aliphatic carbocycles. The van der Waals surface area contributed by atoms with E-state index in [4.69, 9.17) is 11.6 Å². The van der Waals surface area contributed by atoms with Crippen molar-refractivity contribution in [1.82, 2.24) is 0 Å². The summed E-state index contributed by atoms with van der Waals surface area (Å²) in [5.41, 5.74) is 1.87. The fraction of sp³-hybridized carbons (Fsp3) is 0.417. The van der Waals surface area contributed by atoms with Gasteiger partial charge in [0.25, 0.3) is 0 Å². The minimum Gasteiger partial charge on any atom is -0.370 e. The number of amides is 1. The van der Waals surface area contributed by atoms with E-state index in [9.17, 15) is 4.79 Å². The number of carbonyl (C=O) groups is 1. The Morgan fingerprint density at radius 3 is 2.69 bits per heavy atom. The first-order valence-corrected chi connectivity index (χ1v) is 5.87. The Morgan fingerprint density at radius 2 is 2.06 bits per heavy atom. The second kappa shape index (κ2) is 4.74. The van der Waals surface area contributed by atoms with Crippen molar-refractivity contribution in [2.45, 2.75) is 19.8 Å². The van der Waals surface area contributed by atoms with Crippen molar-refractivity contribution >= 4 is 28.9 Å². The molecule has 0 saturated carbocycles. The summed E-state index contributed by atoms with van der Waals surface area (Å²) in [5, 5.41) is 3.47. The number of anilines is 2. The van der Waals surface area contributed by atoms with Crippen LogP contribution < -0.4 is 10.2 Å². The standard InChI is InChI=1S/C12H15ClN2O/c1-9(16)14-11-8-10(13)4-5-12(11)15-6-2-3-7-15/h4-5,8H,2-3,6-7H2,1H3,(H,14,16). The molecule has 1 amide bonds. The maximum absolute atomic E-state index is 11.1. The van der Waals surface area contributed by atoms with E-state index < -0.39 is 0 Å². The topological polar surface area (TPSA) is 32.3 Å². The summed E-state index contributed by atoms with van der Waals surface area (Å²) in [6.07, 6.45) is 2.42. The summed E-state index contributed by atoms with van der Waals surface area (Å²) >= 11 is 5.94. The fourth-order valence-corrected chi connectivity index (χ4v) is 2.20. The number of hydrogen-bond donors (Lipinski definition) is 1. The van der Waals surface area contributed by atoms with Crippen molar-refractivity contribution < 1.29 is 4.79 Å². The van der Waals surface area contributed by atoms with Gasteiger partial charge in [0.2, 0.25) is 5.91 Å². The lowest BCUT2D eigenvalue weighted by Gasteiger charge is -2.21. The van der Waals surface area contributed by atoms with Crippen molar-refractivity contribution in [3.63, 3.8) is 0 Å². The molecule has 0 radical (unpaired) electrons. The lowest BCUT2D eigenvalue weighted by molar-refractivity contribution is -0.114. The first kappa shape index (κ1) is 11.3. The Morgan fingerprint density at radius 1 is 1.38 bits per heavy atom. The highest BCUT2D eigenvalue weighted by Crippen LogP contribution is 2.31. The van der Waals surface area contributed by atoms with Gasteiger partial charge in [-0.25, -0.2) is 0 Å². The maximum Gasteiger partial charge on any atom is 0.221 e. The Labute approximate surface area is 100 Å². The highest BCUT2D eigenvalue weighted by Gasteiger charge is 2.16. The van der Waals surface area contributed by atoms with E-state index in [1.54, 1.807) is 6.07 Å². The number of halogens is 1. The molecule has 1 aromatic carbocycles. The van der Waals surface area contributed by atoms with Gasteiger partial charge in [-0.2, -0.15) is 0 Å². The smallest absolute Gasteiger partial charge is 0.221 e. The average Bonchev–Trinajstić information content (AvgIpc) is 2.69. The SMILES string of the molecule is CC(=O)Nc1cc(Cl)ccc1N1CCCC1. The third-order valence-electron chi connectivity index (χ3n) is 2.72. The molecule has 0 aromatic heterocycles. The summed E-state index contributed by atoms with van der Waals surface area (Å²) in [6, 6.07) is 5.63. The molecule has 0 spiro atoms. The number of benzene rings is 1. The van der Waals surface area contributed by atoms with Crippen molar-refractivity contribution in [3.05, 3.63) is 23.2 Å². The van der Waals surface area contributed by atoms with Gasteiger partial charge in [0.15, 0.2) is 0 Å². The Kier molecular flexibility index (Phi) is 3.34. The summed E-state index contributed by atoms with van der Waals surface area (Å²) in [5.74, 6) is -0.0669. The summed E-state index contributed by atoms with van der Waals surface area (Å²) in [6.45, 7) is 3.61. The van der Waals surface area contributed by atoms with E-state index in [0.29, 0.717) is 5.02 Å². The van der Waals surface area contributed by atoms with Crippen LogP contribution in [0.25, 0.3) is 0 Å². The van der Waals surface area contributed by atoms with Crippen LogP contribution >= 0.6 is 11.6 Å².